The highest BCUT2D eigenvalue weighted by Gasteiger charge is 2.21. The van der Waals surface area contributed by atoms with Crippen LogP contribution in [0, 0.1) is 12.3 Å². The molecule has 1 amide bonds. The molecule has 0 N–H and O–H groups in total. The van der Waals surface area contributed by atoms with Gasteiger partial charge in [0.15, 0.2) is 4.80 Å². The average molecular weight is 530 g/mol. The molecule has 3 aromatic carbocycles. The number of para-hydroxylation sites is 1. The first kappa shape index (κ1) is 24.0. The smallest absolute Gasteiger partial charge is 0.279 e. The van der Waals surface area contributed by atoms with E-state index in [2.05, 4.69) is 10.9 Å². The van der Waals surface area contributed by atoms with Crippen molar-refractivity contribution in [3.8, 4) is 12.3 Å². The van der Waals surface area contributed by atoms with Crippen molar-refractivity contribution in [3.63, 3.8) is 0 Å². The summed E-state index contributed by atoms with van der Waals surface area (Å²) in [6.45, 7) is 0.163. The second-order valence-electron chi connectivity index (χ2n) is 7.16. The topological polar surface area (TPSA) is 71.7 Å². The van der Waals surface area contributed by atoms with Crippen LogP contribution in [0.4, 0.5) is 5.69 Å². The van der Waals surface area contributed by atoms with E-state index in [-0.39, 0.29) is 17.0 Å². The molecule has 0 aliphatic heterocycles. The van der Waals surface area contributed by atoms with Gasteiger partial charge in [0.25, 0.3) is 15.9 Å². The molecule has 1 aromatic heterocycles. The summed E-state index contributed by atoms with van der Waals surface area (Å²) in [5.41, 5.74) is 1.40. The van der Waals surface area contributed by atoms with Crippen LogP contribution in [-0.4, -0.2) is 25.9 Å². The molecular formula is C24H17Cl2N3O3S2. The average Bonchev–Trinajstić information content (AvgIpc) is 3.16. The summed E-state index contributed by atoms with van der Waals surface area (Å²) in [4.78, 5) is 17.5. The highest BCUT2D eigenvalue weighted by atomic mass is 35.5. The number of aromatic nitrogens is 1. The zero-order valence-corrected chi connectivity index (χ0v) is 20.9. The van der Waals surface area contributed by atoms with Crippen molar-refractivity contribution in [2.24, 2.45) is 4.99 Å². The van der Waals surface area contributed by atoms with Crippen LogP contribution in [0.5, 0.6) is 0 Å². The fraction of sp³-hybridized carbons (Fsp3) is 0.0833. The number of anilines is 1. The molecule has 0 fully saturated rings. The number of thiazole rings is 1. The van der Waals surface area contributed by atoms with Crippen LogP contribution in [-0.2, 0) is 16.6 Å². The van der Waals surface area contributed by atoms with E-state index in [1.54, 1.807) is 47.0 Å². The number of rotatable bonds is 5. The zero-order chi connectivity index (χ0) is 24.5. The van der Waals surface area contributed by atoms with Crippen LogP contribution in [0.1, 0.15) is 10.4 Å². The third-order valence-electron chi connectivity index (χ3n) is 5.02. The Kier molecular flexibility index (Phi) is 6.82. The van der Waals surface area contributed by atoms with E-state index in [9.17, 15) is 13.2 Å². The van der Waals surface area contributed by atoms with Crippen molar-refractivity contribution < 1.29 is 13.2 Å². The summed E-state index contributed by atoms with van der Waals surface area (Å²) in [7, 11) is -2.32. The molecule has 6 nitrogen and oxygen atoms in total. The molecule has 4 rings (SSSR count). The molecule has 0 unspecified atom stereocenters. The summed E-state index contributed by atoms with van der Waals surface area (Å²) in [5.74, 6) is 2.00. The van der Waals surface area contributed by atoms with Gasteiger partial charge < -0.3 is 4.57 Å². The molecule has 0 aliphatic carbocycles. The summed E-state index contributed by atoms with van der Waals surface area (Å²) in [6.07, 6.45) is 5.50. The molecule has 0 aliphatic rings. The van der Waals surface area contributed by atoms with Crippen molar-refractivity contribution in [1.82, 2.24) is 4.57 Å². The van der Waals surface area contributed by atoms with Crippen molar-refractivity contribution >= 4 is 66.4 Å². The lowest BCUT2D eigenvalue weighted by atomic mass is 10.2. The number of amides is 1. The highest BCUT2D eigenvalue weighted by molar-refractivity contribution is 7.92. The van der Waals surface area contributed by atoms with Gasteiger partial charge in [0.1, 0.15) is 0 Å². The number of fused-ring (bicyclic) bond motifs is 1. The van der Waals surface area contributed by atoms with Gasteiger partial charge in [0.05, 0.1) is 32.4 Å². The van der Waals surface area contributed by atoms with Crippen molar-refractivity contribution in [3.05, 3.63) is 87.1 Å². The minimum absolute atomic E-state index is 0.0566. The molecule has 0 saturated carbocycles. The van der Waals surface area contributed by atoms with Gasteiger partial charge in [-0.05, 0) is 48.5 Å². The number of sulfonamides is 1. The Bertz CT molecular complexity index is 1600. The first-order valence-corrected chi connectivity index (χ1v) is 12.9. The molecule has 0 spiro atoms. The third kappa shape index (κ3) is 4.61. The maximum absolute atomic E-state index is 13.0. The Morgan fingerprint density at radius 2 is 1.79 bits per heavy atom. The van der Waals surface area contributed by atoms with Gasteiger partial charge in [-0.25, -0.2) is 8.42 Å². The summed E-state index contributed by atoms with van der Waals surface area (Å²) in [5, 5.41) is 0.863. The Morgan fingerprint density at radius 3 is 2.44 bits per heavy atom. The molecule has 10 heteroatoms. The minimum Gasteiger partial charge on any atom is -0.303 e. The maximum atomic E-state index is 13.0. The van der Waals surface area contributed by atoms with Gasteiger partial charge >= 0.3 is 0 Å². The Morgan fingerprint density at radius 1 is 1.12 bits per heavy atom. The number of benzene rings is 3. The monoisotopic (exact) mass is 529 g/mol. The zero-order valence-electron chi connectivity index (χ0n) is 17.8. The van der Waals surface area contributed by atoms with Crippen LogP contribution >= 0.6 is 34.5 Å². The predicted octanol–water partition coefficient (Wildman–Crippen LogP) is 5.21. The lowest BCUT2D eigenvalue weighted by molar-refractivity contribution is 0.0998. The lowest BCUT2D eigenvalue weighted by Gasteiger charge is -2.19. The van der Waals surface area contributed by atoms with E-state index in [0.717, 1.165) is 4.70 Å². The van der Waals surface area contributed by atoms with E-state index in [1.807, 2.05) is 0 Å². The largest absolute Gasteiger partial charge is 0.303 e. The molecule has 0 saturated heterocycles. The van der Waals surface area contributed by atoms with Gasteiger partial charge in [0.2, 0.25) is 0 Å². The molecule has 34 heavy (non-hydrogen) atoms. The standard InChI is InChI=1S/C24H17Cl2N3O3S2/c1-3-13-29-22-20(26)14-17(25)15-21(22)33-24(29)27-23(30)16-9-11-19(12-10-16)34(31,32)28(2)18-7-5-4-6-8-18/h1,4-12,14-15H,13H2,2H3. The van der Waals surface area contributed by atoms with Crippen LogP contribution in [0.25, 0.3) is 10.2 Å². The normalized spacial score (nSPS) is 12.0. The number of hydrogen-bond donors (Lipinski definition) is 0. The van der Waals surface area contributed by atoms with Crippen LogP contribution in [0.3, 0.4) is 0 Å². The molecule has 0 bridgehead atoms. The number of nitrogens with zero attached hydrogens (tertiary/aromatic N) is 3. The molecule has 1 heterocycles. The first-order chi connectivity index (χ1) is 16.2. The fourth-order valence-electron chi connectivity index (χ4n) is 3.31. The van der Waals surface area contributed by atoms with E-state index in [4.69, 9.17) is 29.6 Å². The SMILES string of the molecule is C#CCn1c(=NC(=O)c2ccc(S(=O)(=O)N(C)c3ccccc3)cc2)sc2cc(Cl)cc(Cl)c21. The quantitative estimate of drug-likeness (QED) is 0.333. The van der Waals surface area contributed by atoms with Crippen LogP contribution in [0.2, 0.25) is 10.0 Å². The molecule has 0 radical (unpaired) electrons. The second kappa shape index (κ2) is 9.65. The maximum Gasteiger partial charge on any atom is 0.279 e. The Hall–Kier alpha value is -3.09. The number of hydrogen-bond acceptors (Lipinski definition) is 4. The van der Waals surface area contributed by atoms with Gasteiger partial charge in [-0.15, -0.1) is 6.42 Å². The number of carbonyl (C=O) groups is 1. The lowest BCUT2D eigenvalue weighted by Crippen LogP contribution is -2.26. The Labute approximate surface area is 210 Å². The van der Waals surface area contributed by atoms with E-state index in [0.29, 0.717) is 26.1 Å². The summed E-state index contributed by atoms with van der Waals surface area (Å²) < 4.78 is 29.5. The van der Waals surface area contributed by atoms with Crippen molar-refractivity contribution in [2.45, 2.75) is 11.4 Å². The van der Waals surface area contributed by atoms with Gasteiger partial charge in [0, 0.05) is 17.6 Å². The highest BCUT2D eigenvalue weighted by Crippen LogP contribution is 2.29. The molecule has 172 valence electrons. The van der Waals surface area contributed by atoms with Gasteiger partial charge in [-0.2, -0.15) is 4.99 Å². The van der Waals surface area contributed by atoms with Gasteiger partial charge in [-0.3, -0.25) is 9.10 Å². The van der Waals surface area contributed by atoms with Gasteiger partial charge in [-0.1, -0.05) is 58.7 Å². The molecule has 0 atom stereocenters. The second-order valence-corrected chi connectivity index (χ2v) is 11.0. The predicted molar refractivity (Wildman–Crippen MR) is 137 cm³/mol. The van der Waals surface area contributed by atoms with Crippen LogP contribution < -0.4 is 9.11 Å². The first-order valence-electron chi connectivity index (χ1n) is 9.87. The number of carbonyl (C=O) groups excluding carboxylic acids is 1. The van der Waals surface area contributed by atoms with E-state index >= 15 is 0 Å². The fourth-order valence-corrected chi connectivity index (χ4v) is 6.31. The Balaban J connectivity index is 1.69. The summed E-state index contributed by atoms with van der Waals surface area (Å²) in [6, 6.07) is 17.7. The van der Waals surface area contributed by atoms with E-state index < -0.39 is 15.9 Å². The van der Waals surface area contributed by atoms with Crippen LogP contribution in [0.15, 0.2) is 76.6 Å². The molecular weight excluding hydrogens is 513 g/mol. The summed E-state index contributed by atoms with van der Waals surface area (Å²) >= 11 is 13.7. The third-order valence-corrected chi connectivity index (χ3v) is 8.35. The van der Waals surface area contributed by atoms with Crippen molar-refractivity contribution in [2.75, 3.05) is 11.4 Å². The minimum atomic E-state index is -3.79. The van der Waals surface area contributed by atoms with Crippen molar-refractivity contribution in [1.29, 1.82) is 0 Å². The molecule has 4 aromatic rings. The van der Waals surface area contributed by atoms with E-state index in [1.165, 1.54) is 47.0 Å². The number of halogens is 2. The number of terminal acetylenes is 1.